The predicted molar refractivity (Wildman–Crippen MR) is 130 cm³/mol. The summed E-state index contributed by atoms with van der Waals surface area (Å²) >= 11 is 5.68. The third-order valence-electron chi connectivity index (χ3n) is 7.23. The molecule has 2 fully saturated rings. The van der Waals surface area contributed by atoms with Crippen molar-refractivity contribution in [1.29, 1.82) is 0 Å². The van der Waals surface area contributed by atoms with Gasteiger partial charge in [-0.2, -0.15) is 4.58 Å². The molecular weight excluding hydrogens is 459 g/mol. The van der Waals surface area contributed by atoms with Crippen LogP contribution in [0, 0.1) is 5.82 Å². The Labute approximate surface area is 204 Å². The minimum atomic E-state index is -0.832. The summed E-state index contributed by atoms with van der Waals surface area (Å²) in [6.45, 7) is 8.60. The molecule has 34 heavy (non-hydrogen) atoms. The smallest absolute Gasteiger partial charge is 0.313 e. The van der Waals surface area contributed by atoms with Crippen molar-refractivity contribution in [3.63, 3.8) is 0 Å². The van der Waals surface area contributed by atoms with E-state index in [4.69, 9.17) is 16.7 Å². The van der Waals surface area contributed by atoms with Crippen LogP contribution in [0.25, 0.3) is 0 Å². The SMILES string of the molecule is CC1(C)CC(NC(=O)C(=O)Nc2ccc(Cl)c(F)c2)CC2(C)C3=[N+](CCCCCO)C=C3CN12. The third kappa shape index (κ3) is 4.63. The number of halogens is 2. The van der Waals surface area contributed by atoms with Crippen LogP contribution in [0.4, 0.5) is 10.1 Å². The van der Waals surface area contributed by atoms with Gasteiger partial charge in [-0.1, -0.05) is 11.6 Å². The maximum Gasteiger partial charge on any atom is 0.313 e. The average molecular weight is 492 g/mol. The summed E-state index contributed by atoms with van der Waals surface area (Å²) in [6.07, 6.45) is 6.45. The monoisotopic (exact) mass is 491 g/mol. The number of fused-ring (bicyclic) bond motifs is 3. The first-order valence-electron chi connectivity index (χ1n) is 11.9. The molecule has 3 heterocycles. The Kier molecular flexibility index (Phi) is 6.86. The zero-order valence-corrected chi connectivity index (χ0v) is 20.7. The van der Waals surface area contributed by atoms with Gasteiger partial charge in [-0.05, 0) is 64.7 Å². The van der Waals surface area contributed by atoms with Gasteiger partial charge >= 0.3 is 11.8 Å². The van der Waals surface area contributed by atoms with Crippen molar-refractivity contribution >= 4 is 34.8 Å². The van der Waals surface area contributed by atoms with Crippen molar-refractivity contribution < 1.29 is 23.7 Å². The highest BCUT2D eigenvalue weighted by molar-refractivity contribution is 6.39. The van der Waals surface area contributed by atoms with Gasteiger partial charge in [0, 0.05) is 36.8 Å². The van der Waals surface area contributed by atoms with E-state index in [1.54, 1.807) is 0 Å². The molecule has 184 valence electrons. The quantitative estimate of drug-likeness (QED) is 0.311. The zero-order valence-electron chi connectivity index (χ0n) is 20.0. The molecule has 1 aromatic rings. The minimum absolute atomic E-state index is 0.0504. The summed E-state index contributed by atoms with van der Waals surface area (Å²) in [5.41, 5.74) is 2.42. The van der Waals surface area contributed by atoms with E-state index >= 15 is 0 Å². The van der Waals surface area contributed by atoms with Gasteiger partial charge in [-0.25, -0.2) is 4.39 Å². The Hall–Kier alpha value is -2.29. The number of anilines is 1. The van der Waals surface area contributed by atoms with E-state index in [-0.39, 0.29) is 34.4 Å². The number of benzene rings is 1. The number of aliphatic hydroxyl groups is 1. The second-order valence-corrected chi connectivity index (χ2v) is 10.7. The van der Waals surface area contributed by atoms with E-state index < -0.39 is 17.6 Å². The van der Waals surface area contributed by atoms with Gasteiger partial charge in [0.15, 0.2) is 6.20 Å². The lowest BCUT2D eigenvalue weighted by Gasteiger charge is -2.51. The van der Waals surface area contributed by atoms with Crippen molar-refractivity contribution in [3.8, 4) is 0 Å². The molecule has 0 spiro atoms. The van der Waals surface area contributed by atoms with Crippen LogP contribution < -0.4 is 10.6 Å². The lowest BCUT2D eigenvalue weighted by atomic mass is 9.75. The molecule has 0 radical (unpaired) electrons. The third-order valence-corrected chi connectivity index (χ3v) is 7.54. The maximum atomic E-state index is 13.7. The lowest BCUT2D eigenvalue weighted by molar-refractivity contribution is -0.472. The molecule has 2 amide bonds. The van der Waals surface area contributed by atoms with Crippen molar-refractivity contribution in [2.75, 3.05) is 25.0 Å². The Morgan fingerprint density at radius 2 is 1.97 bits per heavy atom. The molecule has 0 bridgehead atoms. The Morgan fingerprint density at radius 3 is 2.68 bits per heavy atom. The fourth-order valence-electron chi connectivity index (χ4n) is 5.89. The van der Waals surface area contributed by atoms with Gasteiger partial charge in [-0.15, -0.1) is 0 Å². The molecule has 7 nitrogen and oxygen atoms in total. The zero-order chi connectivity index (χ0) is 24.7. The highest BCUT2D eigenvalue weighted by atomic mass is 35.5. The van der Waals surface area contributed by atoms with Crippen molar-refractivity contribution in [3.05, 3.63) is 40.8 Å². The molecule has 2 saturated heterocycles. The molecule has 2 atom stereocenters. The number of nitrogens with zero attached hydrogens (tertiary/aromatic N) is 2. The summed E-state index contributed by atoms with van der Waals surface area (Å²) in [5.74, 6) is -2.23. The normalized spacial score (nSPS) is 25.2. The first-order chi connectivity index (χ1) is 16.0. The fourth-order valence-corrected chi connectivity index (χ4v) is 6.01. The first-order valence-corrected chi connectivity index (χ1v) is 12.2. The molecule has 3 N–H and O–H groups in total. The second-order valence-electron chi connectivity index (χ2n) is 10.3. The molecule has 2 unspecified atom stereocenters. The summed E-state index contributed by atoms with van der Waals surface area (Å²) in [7, 11) is 0. The van der Waals surface area contributed by atoms with Crippen LogP contribution in [0.2, 0.25) is 5.02 Å². The van der Waals surface area contributed by atoms with E-state index in [2.05, 4.69) is 47.1 Å². The second kappa shape index (κ2) is 9.40. The predicted octanol–water partition coefficient (Wildman–Crippen LogP) is 3.06. The van der Waals surface area contributed by atoms with Gasteiger partial charge in [0.1, 0.15) is 17.9 Å². The van der Waals surface area contributed by atoms with Crippen molar-refractivity contribution in [2.45, 2.75) is 70.0 Å². The van der Waals surface area contributed by atoms with Crippen LogP contribution in [0.5, 0.6) is 0 Å². The van der Waals surface area contributed by atoms with E-state index in [1.807, 2.05) is 0 Å². The summed E-state index contributed by atoms with van der Waals surface area (Å²) in [5, 5.41) is 14.3. The highest BCUT2D eigenvalue weighted by Crippen LogP contribution is 2.47. The molecule has 1 aromatic carbocycles. The molecule has 3 aliphatic rings. The largest absolute Gasteiger partial charge is 0.396 e. The van der Waals surface area contributed by atoms with Gasteiger partial charge < -0.3 is 15.7 Å². The number of amides is 2. The van der Waals surface area contributed by atoms with E-state index in [9.17, 15) is 14.0 Å². The molecule has 4 rings (SSSR count). The number of hydrogen-bond donors (Lipinski definition) is 3. The molecule has 0 aromatic heterocycles. The summed E-state index contributed by atoms with van der Waals surface area (Å²) < 4.78 is 16.0. The van der Waals surface area contributed by atoms with E-state index in [0.717, 1.165) is 38.4 Å². The molecule has 0 saturated carbocycles. The van der Waals surface area contributed by atoms with Gasteiger partial charge in [0.2, 0.25) is 5.71 Å². The number of aliphatic hydroxyl groups excluding tert-OH is 1. The van der Waals surface area contributed by atoms with E-state index in [1.165, 1.54) is 23.4 Å². The molecular formula is C25H33ClFN4O3+. The summed E-state index contributed by atoms with van der Waals surface area (Å²) in [6, 6.07) is 3.69. The Morgan fingerprint density at radius 1 is 1.21 bits per heavy atom. The van der Waals surface area contributed by atoms with Crippen LogP contribution in [0.3, 0.4) is 0 Å². The first kappa shape index (κ1) is 24.8. The van der Waals surface area contributed by atoms with Crippen molar-refractivity contribution in [1.82, 2.24) is 10.2 Å². The number of hydrogen-bond acceptors (Lipinski definition) is 4. The number of unbranched alkanes of at least 4 members (excludes halogenated alkanes) is 2. The Bertz CT molecular complexity index is 1070. The number of nitrogens with one attached hydrogen (secondary N) is 2. The maximum absolute atomic E-state index is 13.7. The van der Waals surface area contributed by atoms with Gasteiger partial charge in [0.05, 0.1) is 10.6 Å². The van der Waals surface area contributed by atoms with Gasteiger partial charge in [0.25, 0.3) is 0 Å². The topological polar surface area (TPSA) is 84.7 Å². The van der Waals surface area contributed by atoms with Crippen molar-refractivity contribution in [2.24, 2.45) is 0 Å². The fraction of sp³-hybridized carbons (Fsp3) is 0.560. The number of rotatable bonds is 7. The van der Waals surface area contributed by atoms with Crippen LogP contribution in [0.1, 0.15) is 52.9 Å². The highest BCUT2D eigenvalue weighted by Gasteiger charge is 2.62. The van der Waals surface area contributed by atoms with Crippen LogP contribution in [-0.4, -0.2) is 68.9 Å². The number of piperidine rings is 1. The molecule has 0 aliphatic carbocycles. The number of carbonyl (C=O) groups is 2. The standard InChI is InChI=1S/C25H32ClFN4O3/c1-24(2)12-18(29-23(34)22(33)28-17-7-8-19(26)20(27)11-17)13-25(3)21-16(15-31(24)25)14-30(21)9-5-4-6-10-32/h7-8,11,14,18,32H,4-6,9-10,12-13,15H2,1-3H3,(H-,28,29,33,34)/p+1. The Balaban J connectivity index is 1.44. The average Bonchev–Trinajstić information content (AvgIpc) is 2.97. The van der Waals surface area contributed by atoms with Crippen LogP contribution >= 0.6 is 11.6 Å². The minimum Gasteiger partial charge on any atom is -0.396 e. The molecule has 3 aliphatic heterocycles. The van der Waals surface area contributed by atoms with E-state index in [0.29, 0.717) is 12.8 Å². The van der Waals surface area contributed by atoms with Gasteiger partial charge in [-0.3, -0.25) is 14.5 Å². The van der Waals surface area contributed by atoms with Crippen LogP contribution in [0.15, 0.2) is 30.0 Å². The molecule has 9 heteroatoms. The van der Waals surface area contributed by atoms with Crippen LogP contribution in [-0.2, 0) is 9.59 Å². The lowest BCUT2D eigenvalue weighted by Crippen LogP contribution is -2.65. The number of carbonyl (C=O) groups excluding carboxylic acids is 2. The summed E-state index contributed by atoms with van der Waals surface area (Å²) in [4.78, 5) is 27.7.